The van der Waals surface area contributed by atoms with Crippen molar-refractivity contribution in [2.45, 2.75) is 20.3 Å². The van der Waals surface area contributed by atoms with Gasteiger partial charge in [0.1, 0.15) is 0 Å². The number of hydrogen-bond acceptors (Lipinski definition) is 4. The molecule has 122 valence electrons. The predicted molar refractivity (Wildman–Crippen MR) is 92.9 cm³/mol. The third kappa shape index (κ3) is 3.60. The molecular weight excluding hydrogens is 304 g/mol. The van der Waals surface area contributed by atoms with Crippen LogP contribution in [0.1, 0.15) is 18.1 Å². The summed E-state index contributed by atoms with van der Waals surface area (Å²) in [4.78, 5) is 12.3. The van der Waals surface area contributed by atoms with Crippen molar-refractivity contribution in [2.75, 3.05) is 10.6 Å². The molecule has 24 heavy (non-hydrogen) atoms. The molecule has 0 radical (unpaired) electrons. The zero-order chi connectivity index (χ0) is 16.9. The number of nitrogens with zero attached hydrogens (tertiary/aromatic N) is 2. The lowest BCUT2D eigenvalue weighted by atomic mass is 10.1. The smallest absolute Gasteiger partial charge is 0.323 e. The summed E-state index contributed by atoms with van der Waals surface area (Å²) < 4.78 is 5.19. The molecule has 0 unspecified atom stereocenters. The highest BCUT2D eigenvalue weighted by Gasteiger charge is 2.09. The second-order valence-corrected chi connectivity index (χ2v) is 5.41. The summed E-state index contributed by atoms with van der Waals surface area (Å²) >= 11 is 0. The normalized spacial score (nSPS) is 10.4. The maximum absolute atomic E-state index is 12.3. The minimum atomic E-state index is -0.297. The van der Waals surface area contributed by atoms with Gasteiger partial charge in [-0.2, -0.15) is 0 Å². The van der Waals surface area contributed by atoms with Gasteiger partial charge < -0.3 is 15.1 Å². The number of nitrogens with one attached hydrogen (secondary N) is 2. The molecule has 6 nitrogen and oxygen atoms in total. The maximum atomic E-state index is 12.3. The van der Waals surface area contributed by atoms with Crippen LogP contribution < -0.4 is 10.6 Å². The molecule has 0 aliphatic carbocycles. The molecule has 2 N–H and O–H groups in total. The van der Waals surface area contributed by atoms with Gasteiger partial charge in [-0.1, -0.05) is 25.1 Å². The number of anilines is 2. The Balaban J connectivity index is 1.75. The van der Waals surface area contributed by atoms with Gasteiger partial charge >= 0.3 is 6.03 Å². The monoisotopic (exact) mass is 322 g/mol. The number of urea groups is 1. The summed E-state index contributed by atoms with van der Waals surface area (Å²) in [5.41, 5.74) is 4.31. The summed E-state index contributed by atoms with van der Waals surface area (Å²) in [6, 6.07) is 13.1. The topological polar surface area (TPSA) is 80.0 Å². The Morgan fingerprint density at radius 3 is 2.79 bits per heavy atom. The van der Waals surface area contributed by atoms with Crippen LogP contribution >= 0.6 is 0 Å². The standard InChI is InChI=1S/C18H18N4O2/c1-3-13-5-4-6-15(9-13)20-18(23)21-16-10-14(8-7-12(16)2)17-22-19-11-24-17/h4-11H,3H2,1-2H3,(H2,20,21,23). The van der Waals surface area contributed by atoms with Gasteiger partial charge in [0.05, 0.1) is 0 Å². The van der Waals surface area contributed by atoms with E-state index in [-0.39, 0.29) is 6.03 Å². The second kappa shape index (κ2) is 6.95. The summed E-state index contributed by atoms with van der Waals surface area (Å²) in [6.07, 6.45) is 2.19. The molecule has 3 aromatic rings. The van der Waals surface area contributed by atoms with E-state index in [1.165, 1.54) is 12.0 Å². The van der Waals surface area contributed by atoms with Crippen LogP contribution in [-0.2, 0) is 6.42 Å². The van der Waals surface area contributed by atoms with Gasteiger partial charge in [0, 0.05) is 16.9 Å². The van der Waals surface area contributed by atoms with Crippen LogP contribution in [0.5, 0.6) is 0 Å². The fraction of sp³-hybridized carbons (Fsp3) is 0.167. The van der Waals surface area contributed by atoms with Crippen LogP contribution in [0.25, 0.3) is 11.5 Å². The average molecular weight is 322 g/mol. The molecule has 0 aliphatic heterocycles. The first-order valence-electron chi connectivity index (χ1n) is 7.70. The molecule has 2 aromatic carbocycles. The lowest BCUT2D eigenvalue weighted by molar-refractivity contribution is 0.262. The third-order valence-electron chi connectivity index (χ3n) is 3.69. The number of amides is 2. The summed E-state index contributed by atoms with van der Waals surface area (Å²) in [6.45, 7) is 4.00. The molecule has 1 heterocycles. The summed E-state index contributed by atoms with van der Waals surface area (Å²) in [5, 5.41) is 13.2. The Kier molecular flexibility index (Phi) is 4.56. The van der Waals surface area contributed by atoms with Crippen LogP contribution in [-0.4, -0.2) is 16.2 Å². The van der Waals surface area contributed by atoms with Gasteiger partial charge in [0.25, 0.3) is 0 Å². The molecule has 0 saturated carbocycles. The van der Waals surface area contributed by atoms with E-state index in [4.69, 9.17) is 4.42 Å². The molecule has 0 saturated heterocycles. The van der Waals surface area contributed by atoms with Crippen molar-refractivity contribution in [3.8, 4) is 11.5 Å². The van der Waals surface area contributed by atoms with Crippen molar-refractivity contribution in [2.24, 2.45) is 0 Å². The summed E-state index contributed by atoms with van der Waals surface area (Å²) in [5.74, 6) is 0.411. The van der Waals surface area contributed by atoms with Gasteiger partial charge in [-0.25, -0.2) is 4.79 Å². The Labute approximate surface area is 139 Å². The molecule has 0 fully saturated rings. The van der Waals surface area contributed by atoms with Gasteiger partial charge in [-0.3, -0.25) is 0 Å². The Hall–Kier alpha value is -3.15. The van der Waals surface area contributed by atoms with Crippen LogP contribution in [0.3, 0.4) is 0 Å². The number of rotatable bonds is 4. The van der Waals surface area contributed by atoms with Crippen LogP contribution in [0.2, 0.25) is 0 Å². The van der Waals surface area contributed by atoms with E-state index in [1.807, 2.05) is 49.4 Å². The van der Waals surface area contributed by atoms with Crippen molar-refractivity contribution >= 4 is 17.4 Å². The highest BCUT2D eigenvalue weighted by Crippen LogP contribution is 2.24. The first-order chi connectivity index (χ1) is 11.7. The molecule has 2 amide bonds. The van der Waals surface area contributed by atoms with Crippen LogP contribution in [0.15, 0.2) is 53.3 Å². The van der Waals surface area contributed by atoms with Gasteiger partial charge in [0.2, 0.25) is 12.3 Å². The van der Waals surface area contributed by atoms with Crippen molar-refractivity contribution in [3.05, 3.63) is 60.0 Å². The number of benzene rings is 2. The third-order valence-corrected chi connectivity index (χ3v) is 3.69. The number of carbonyl (C=O) groups is 1. The lowest BCUT2D eigenvalue weighted by Crippen LogP contribution is -2.20. The molecular formula is C18H18N4O2. The van der Waals surface area contributed by atoms with E-state index in [0.29, 0.717) is 11.6 Å². The molecule has 0 spiro atoms. The summed E-state index contributed by atoms with van der Waals surface area (Å²) in [7, 11) is 0. The second-order valence-electron chi connectivity index (χ2n) is 5.41. The quantitative estimate of drug-likeness (QED) is 0.752. The Morgan fingerprint density at radius 1 is 1.17 bits per heavy atom. The van der Waals surface area contributed by atoms with Crippen LogP contribution in [0.4, 0.5) is 16.2 Å². The Bertz CT molecular complexity index is 844. The van der Waals surface area contributed by atoms with E-state index in [2.05, 4.69) is 27.8 Å². The predicted octanol–water partition coefficient (Wildman–Crippen LogP) is 4.25. The van der Waals surface area contributed by atoms with E-state index < -0.39 is 0 Å². The minimum Gasteiger partial charge on any atom is -0.423 e. The van der Waals surface area contributed by atoms with Gasteiger partial charge in [-0.05, 0) is 48.7 Å². The van der Waals surface area contributed by atoms with Gasteiger partial charge in [0.15, 0.2) is 0 Å². The Morgan fingerprint density at radius 2 is 2.04 bits per heavy atom. The van der Waals surface area contributed by atoms with Crippen molar-refractivity contribution in [1.29, 1.82) is 0 Å². The fourth-order valence-electron chi connectivity index (χ4n) is 2.34. The van der Waals surface area contributed by atoms with E-state index in [0.717, 1.165) is 23.2 Å². The van der Waals surface area contributed by atoms with E-state index in [9.17, 15) is 4.79 Å². The van der Waals surface area contributed by atoms with Crippen molar-refractivity contribution in [1.82, 2.24) is 10.2 Å². The number of hydrogen-bond donors (Lipinski definition) is 2. The highest BCUT2D eigenvalue weighted by molar-refractivity contribution is 6.00. The first kappa shape index (κ1) is 15.7. The SMILES string of the molecule is CCc1cccc(NC(=O)Nc2cc(-c3nnco3)ccc2C)c1. The molecule has 0 bridgehead atoms. The number of aromatic nitrogens is 2. The molecule has 0 atom stereocenters. The van der Waals surface area contributed by atoms with Crippen molar-refractivity contribution < 1.29 is 9.21 Å². The van der Waals surface area contributed by atoms with Gasteiger partial charge in [-0.15, -0.1) is 10.2 Å². The zero-order valence-electron chi connectivity index (χ0n) is 13.5. The number of aryl methyl sites for hydroxylation is 2. The van der Waals surface area contributed by atoms with E-state index >= 15 is 0 Å². The maximum Gasteiger partial charge on any atom is 0.323 e. The first-order valence-corrected chi connectivity index (χ1v) is 7.70. The molecule has 6 heteroatoms. The van der Waals surface area contributed by atoms with Crippen LogP contribution in [0, 0.1) is 6.92 Å². The fourth-order valence-corrected chi connectivity index (χ4v) is 2.34. The highest BCUT2D eigenvalue weighted by atomic mass is 16.4. The van der Waals surface area contributed by atoms with Crippen molar-refractivity contribution in [3.63, 3.8) is 0 Å². The molecule has 1 aromatic heterocycles. The largest absolute Gasteiger partial charge is 0.423 e. The molecule has 0 aliphatic rings. The number of carbonyl (C=O) groups excluding carboxylic acids is 1. The molecule has 3 rings (SSSR count). The zero-order valence-corrected chi connectivity index (χ0v) is 13.5. The van der Waals surface area contributed by atoms with E-state index in [1.54, 1.807) is 0 Å². The lowest BCUT2D eigenvalue weighted by Gasteiger charge is -2.11. The minimum absolute atomic E-state index is 0.297. The average Bonchev–Trinajstić information content (AvgIpc) is 3.11.